The number of ketones is 1. The molecule has 2 aromatic carbocycles. The number of carboxylic acids is 1. The molecule has 0 amide bonds. The molecule has 0 saturated heterocycles. The van der Waals surface area contributed by atoms with Crippen molar-refractivity contribution in [2.24, 2.45) is 0 Å². The first-order valence-electron chi connectivity index (χ1n) is 5.93. The number of carbonyl (C=O) groups is 2. The molecule has 1 aliphatic rings. The van der Waals surface area contributed by atoms with E-state index in [0.29, 0.717) is 0 Å². The lowest BCUT2D eigenvalue weighted by molar-refractivity contribution is -0.149. The van der Waals surface area contributed by atoms with Gasteiger partial charge >= 0.3 is 5.97 Å². The van der Waals surface area contributed by atoms with Gasteiger partial charge in [0.25, 0.3) is 0 Å². The molecule has 18 heavy (non-hydrogen) atoms. The van der Waals surface area contributed by atoms with Crippen molar-refractivity contribution >= 4 is 22.5 Å². The fourth-order valence-electron chi connectivity index (χ4n) is 2.83. The second kappa shape index (κ2) is 3.95. The van der Waals surface area contributed by atoms with Crippen LogP contribution in [-0.4, -0.2) is 16.9 Å². The highest BCUT2D eigenvalue weighted by Crippen LogP contribution is 2.39. The fourth-order valence-corrected chi connectivity index (χ4v) is 2.83. The Hall–Kier alpha value is -2.16. The van der Waals surface area contributed by atoms with Crippen LogP contribution < -0.4 is 0 Å². The van der Waals surface area contributed by atoms with E-state index >= 15 is 0 Å². The van der Waals surface area contributed by atoms with E-state index in [0.717, 1.165) is 17.4 Å². The van der Waals surface area contributed by atoms with Gasteiger partial charge < -0.3 is 5.11 Å². The Morgan fingerprint density at radius 2 is 1.89 bits per heavy atom. The third-order valence-electron chi connectivity index (χ3n) is 3.60. The number of aliphatic carboxylic acids is 1. The third-order valence-corrected chi connectivity index (χ3v) is 3.60. The van der Waals surface area contributed by atoms with Gasteiger partial charge in [-0.25, -0.2) is 4.79 Å². The third kappa shape index (κ3) is 1.59. The number of Topliss-reactive ketones (excluding diaryl/α,β-unsaturated/α-hetero) is 1. The number of carboxylic acid groups (broad SMARTS) is 1. The molecule has 1 atom stereocenters. The largest absolute Gasteiger partial charge is 0.476 e. The minimum Gasteiger partial charge on any atom is -0.476 e. The molecule has 0 bridgehead atoms. The Morgan fingerprint density at radius 1 is 1.17 bits per heavy atom. The van der Waals surface area contributed by atoms with E-state index < -0.39 is 11.8 Å². The standard InChI is InChI=1S/C15H12O3/c16-13(15(17)18)8-11-7-10-5-1-3-9-4-2-6-12(11)14(9)10/h1-6,11H,7-8H2,(H,17,18). The molecule has 0 heterocycles. The minimum atomic E-state index is -1.34. The van der Waals surface area contributed by atoms with Crippen molar-refractivity contribution in [1.82, 2.24) is 0 Å². The molecule has 2 aromatic rings. The topological polar surface area (TPSA) is 54.4 Å². The first-order chi connectivity index (χ1) is 8.66. The number of hydrogen-bond donors (Lipinski definition) is 1. The molecular weight excluding hydrogens is 228 g/mol. The molecule has 0 saturated carbocycles. The van der Waals surface area contributed by atoms with Gasteiger partial charge in [0.2, 0.25) is 5.78 Å². The molecule has 0 radical (unpaired) electrons. The second-order valence-corrected chi connectivity index (χ2v) is 4.70. The van der Waals surface area contributed by atoms with Gasteiger partial charge in [-0.15, -0.1) is 0 Å². The lowest BCUT2D eigenvalue weighted by atomic mass is 9.94. The van der Waals surface area contributed by atoms with E-state index in [1.54, 1.807) is 0 Å². The number of carbonyl (C=O) groups excluding carboxylic acids is 1. The molecule has 90 valence electrons. The molecule has 0 aliphatic heterocycles. The number of benzene rings is 2. The second-order valence-electron chi connectivity index (χ2n) is 4.70. The lowest BCUT2D eigenvalue weighted by Crippen LogP contribution is -2.15. The predicted octanol–water partition coefficient (Wildman–Crippen LogP) is 2.52. The summed E-state index contributed by atoms with van der Waals surface area (Å²) < 4.78 is 0. The van der Waals surface area contributed by atoms with Crippen molar-refractivity contribution < 1.29 is 14.7 Å². The summed E-state index contributed by atoms with van der Waals surface area (Å²) in [6.45, 7) is 0. The quantitative estimate of drug-likeness (QED) is 0.839. The molecular formula is C15H12O3. The molecule has 0 fully saturated rings. The van der Waals surface area contributed by atoms with Gasteiger partial charge in [0.15, 0.2) is 0 Å². The highest BCUT2D eigenvalue weighted by Gasteiger charge is 2.27. The fraction of sp³-hybridized carbons (Fsp3) is 0.200. The number of hydrogen-bond acceptors (Lipinski definition) is 2. The van der Waals surface area contributed by atoms with Crippen molar-refractivity contribution in [2.75, 3.05) is 0 Å². The van der Waals surface area contributed by atoms with Gasteiger partial charge in [-0.3, -0.25) is 4.79 Å². The summed E-state index contributed by atoms with van der Waals surface area (Å²) >= 11 is 0. The molecule has 0 aromatic heterocycles. The van der Waals surface area contributed by atoms with Crippen LogP contribution in [0.15, 0.2) is 36.4 Å². The molecule has 3 heteroatoms. The van der Waals surface area contributed by atoms with Crippen molar-refractivity contribution in [3.8, 4) is 0 Å². The van der Waals surface area contributed by atoms with Gasteiger partial charge in [0.1, 0.15) is 0 Å². The Balaban J connectivity index is 2.03. The van der Waals surface area contributed by atoms with Crippen LogP contribution in [0, 0.1) is 0 Å². The van der Waals surface area contributed by atoms with Crippen LogP contribution in [0.2, 0.25) is 0 Å². The van der Waals surface area contributed by atoms with E-state index in [9.17, 15) is 9.59 Å². The van der Waals surface area contributed by atoms with Gasteiger partial charge in [-0.2, -0.15) is 0 Å². The van der Waals surface area contributed by atoms with Crippen LogP contribution in [0.25, 0.3) is 10.8 Å². The summed E-state index contributed by atoms with van der Waals surface area (Å²) in [6, 6.07) is 12.1. The van der Waals surface area contributed by atoms with Crippen LogP contribution in [0.5, 0.6) is 0 Å². The zero-order valence-corrected chi connectivity index (χ0v) is 9.72. The van der Waals surface area contributed by atoms with Crippen LogP contribution in [0.1, 0.15) is 23.5 Å². The maximum Gasteiger partial charge on any atom is 0.372 e. The van der Waals surface area contributed by atoms with Crippen molar-refractivity contribution in [1.29, 1.82) is 0 Å². The van der Waals surface area contributed by atoms with E-state index in [2.05, 4.69) is 6.07 Å². The Kier molecular flexibility index (Phi) is 2.40. The minimum absolute atomic E-state index is 0.00898. The normalized spacial score (nSPS) is 17.0. The van der Waals surface area contributed by atoms with Crippen LogP contribution >= 0.6 is 0 Å². The zero-order chi connectivity index (χ0) is 12.7. The zero-order valence-electron chi connectivity index (χ0n) is 9.72. The van der Waals surface area contributed by atoms with Gasteiger partial charge in [-0.1, -0.05) is 36.4 Å². The maximum absolute atomic E-state index is 11.4. The first kappa shape index (κ1) is 11.0. The Labute approximate surface area is 104 Å². The van der Waals surface area contributed by atoms with Crippen LogP contribution in [0.4, 0.5) is 0 Å². The molecule has 3 nitrogen and oxygen atoms in total. The highest BCUT2D eigenvalue weighted by atomic mass is 16.4. The smallest absolute Gasteiger partial charge is 0.372 e. The van der Waals surface area contributed by atoms with Gasteiger partial charge in [0, 0.05) is 6.42 Å². The van der Waals surface area contributed by atoms with Crippen molar-refractivity contribution in [3.63, 3.8) is 0 Å². The lowest BCUT2D eigenvalue weighted by Gasteiger charge is -2.08. The summed E-state index contributed by atoms with van der Waals surface area (Å²) in [5.41, 5.74) is 2.32. The average molecular weight is 240 g/mol. The summed E-state index contributed by atoms with van der Waals surface area (Å²) in [5.74, 6) is -2.03. The van der Waals surface area contributed by atoms with Gasteiger partial charge in [-0.05, 0) is 34.2 Å². The Bertz CT molecular complexity index is 653. The number of rotatable bonds is 3. The first-order valence-corrected chi connectivity index (χ1v) is 5.93. The van der Waals surface area contributed by atoms with Crippen LogP contribution in [0.3, 0.4) is 0 Å². The van der Waals surface area contributed by atoms with E-state index in [1.165, 1.54) is 10.9 Å². The predicted molar refractivity (Wildman–Crippen MR) is 67.7 cm³/mol. The summed E-state index contributed by atoms with van der Waals surface area (Å²) in [4.78, 5) is 22.0. The monoisotopic (exact) mass is 240 g/mol. The van der Waals surface area contributed by atoms with E-state index in [-0.39, 0.29) is 12.3 Å². The van der Waals surface area contributed by atoms with Crippen molar-refractivity contribution in [3.05, 3.63) is 47.5 Å². The molecule has 1 N–H and O–H groups in total. The SMILES string of the molecule is O=C(O)C(=O)CC1Cc2cccc3cccc1c23. The van der Waals surface area contributed by atoms with Crippen molar-refractivity contribution in [2.45, 2.75) is 18.8 Å². The summed E-state index contributed by atoms with van der Waals surface area (Å²) in [7, 11) is 0. The molecule has 3 rings (SSSR count). The van der Waals surface area contributed by atoms with E-state index in [1.807, 2.05) is 30.3 Å². The highest BCUT2D eigenvalue weighted by molar-refractivity contribution is 6.32. The molecule has 1 aliphatic carbocycles. The molecule has 0 spiro atoms. The van der Waals surface area contributed by atoms with E-state index in [4.69, 9.17) is 5.11 Å². The summed E-state index contributed by atoms with van der Waals surface area (Å²) in [6.07, 6.45) is 0.846. The average Bonchev–Trinajstić information content (AvgIpc) is 2.70. The summed E-state index contributed by atoms with van der Waals surface area (Å²) in [5, 5.41) is 11.1. The van der Waals surface area contributed by atoms with Crippen LogP contribution in [-0.2, 0) is 16.0 Å². The molecule has 1 unspecified atom stereocenters. The maximum atomic E-state index is 11.4. The van der Waals surface area contributed by atoms with Gasteiger partial charge in [0.05, 0.1) is 0 Å². The Morgan fingerprint density at radius 3 is 2.61 bits per heavy atom.